The van der Waals surface area contributed by atoms with Crippen LogP contribution in [0.15, 0.2) is 114 Å². The van der Waals surface area contributed by atoms with E-state index in [9.17, 15) is 33.0 Å². The van der Waals surface area contributed by atoms with E-state index in [0.717, 1.165) is 23.2 Å². The van der Waals surface area contributed by atoms with Crippen molar-refractivity contribution in [2.75, 3.05) is 0 Å². The molecule has 13 heteroatoms. The van der Waals surface area contributed by atoms with E-state index in [2.05, 4.69) is 20.1 Å². The summed E-state index contributed by atoms with van der Waals surface area (Å²) < 4.78 is 30.3. The standard InChI is InChI=1S/C36H35N5O7S/c1-2-10-27-22-31(34(43)38-30(33(42)36(45)46)21-24-11-4-3-5-12-24)39-41(27)23-25-16-18-26(19-17-25)28-13-6-7-15-32(28)49(47,48)40-35(44)29-14-8-9-20-37-29/h3-9,11-20,22,30,33,42H,2,10,21,23H2,1H3,(H,38,43)(H,40,44)(H,45,46)/t30-,33-/m1/s1. The van der Waals surface area contributed by atoms with Crippen LogP contribution in [0, 0.1) is 0 Å². The van der Waals surface area contributed by atoms with Gasteiger partial charge < -0.3 is 15.5 Å². The summed E-state index contributed by atoms with van der Waals surface area (Å²) >= 11 is 0. The van der Waals surface area contributed by atoms with Crippen molar-refractivity contribution in [1.82, 2.24) is 24.8 Å². The number of nitrogens with zero attached hydrogens (tertiary/aromatic N) is 3. The molecule has 0 radical (unpaired) electrons. The molecular weight excluding hydrogens is 646 g/mol. The third kappa shape index (κ3) is 8.63. The topological polar surface area (TPSA) is 181 Å². The maximum absolute atomic E-state index is 13.3. The number of pyridine rings is 1. The third-order valence-electron chi connectivity index (χ3n) is 7.75. The van der Waals surface area contributed by atoms with Crippen molar-refractivity contribution in [2.45, 2.75) is 49.8 Å². The van der Waals surface area contributed by atoms with Crippen molar-refractivity contribution < 1.29 is 33.0 Å². The average molecular weight is 682 g/mol. The van der Waals surface area contributed by atoms with Crippen molar-refractivity contribution in [3.63, 3.8) is 0 Å². The molecule has 2 amide bonds. The van der Waals surface area contributed by atoms with Crippen LogP contribution in [0.4, 0.5) is 0 Å². The molecule has 0 aliphatic heterocycles. The lowest BCUT2D eigenvalue weighted by molar-refractivity contribution is -0.148. The van der Waals surface area contributed by atoms with Gasteiger partial charge in [0.2, 0.25) is 0 Å². The van der Waals surface area contributed by atoms with Crippen LogP contribution in [0.3, 0.4) is 0 Å². The molecule has 0 unspecified atom stereocenters. The Labute approximate surface area is 283 Å². The van der Waals surface area contributed by atoms with Gasteiger partial charge in [0, 0.05) is 17.5 Å². The maximum Gasteiger partial charge on any atom is 0.334 e. The minimum absolute atomic E-state index is 0.0283. The van der Waals surface area contributed by atoms with E-state index in [1.54, 1.807) is 77.5 Å². The molecule has 5 aromatic rings. The quantitative estimate of drug-likeness (QED) is 0.135. The average Bonchev–Trinajstić information content (AvgIpc) is 3.50. The Kier molecular flexibility index (Phi) is 11.0. The minimum atomic E-state index is -4.24. The van der Waals surface area contributed by atoms with E-state index in [1.807, 2.05) is 25.1 Å². The molecule has 0 spiro atoms. The number of benzene rings is 3. The number of carbonyl (C=O) groups is 3. The van der Waals surface area contributed by atoms with Gasteiger partial charge in [-0.1, -0.05) is 92.2 Å². The fourth-order valence-corrected chi connectivity index (χ4v) is 6.50. The summed E-state index contributed by atoms with van der Waals surface area (Å²) in [5.41, 5.74) is 3.42. The lowest BCUT2D eigenvalue weighted by atomic mass is 10.0. The second kappa shape index (κ2) is 15.5. The molecule has 252 valence electrons. The van der Waals surface area contributed by atoms with Gasteiger partial charge in [-0.15, -0.1) is 0 Å². The van der Waals surface area contributed by atoms with E-state index in [4.69, 9.17) is 0 Å². The van der Waals surface area contributed by atoms with Gasteiger partial charge >= 0.3 is 5.97 Å². The first-order valence-electron chi connectivity index (χ1n) is 15.5. The number of carboxylic acid groups (broad SMARTS) is 1. The first-order valence-corrected chi connectivity index (χ1v) is 17.0. The first-order chi connectivity index (χ1) is 23.6. The van der Waals surface area contributed by atoms with Gasteiger partial charge in [0.25, 0.3) is 21.8 Å². The molecule has 5 rings (SSSR count). The normalized spacial score (nSPS) is 12.5. The second-order valence-corrected chi connectivity index (χ2v) is 13.0. The van der Waals surface area contributed by atoms with E-state index >= 15 is 0 Å². The van der Waals surface area contributed by atoms with Gasteiger partial charge in [-0.2, -0.15) is 5.10 Å². The zero-order valence-corrected chi connectivity index (χ0v) is 27.4. The van der Waals surface area contributed by atoms with Crippen LogP contribution in [-0.4, -0.2) is 63.3 Å². The third-order valence-corrected chi connectivity index (χ3v) is 9.14. The van der Waals surface area contributed by atoms with Crippen LogP contribution < -0.4 is 10.0 Å². The minimum Gasteiger partial charge on any atom is -0.479 e. The molecule has 0 saturated heterocycles. The Balaban J connectivity index is 1.34. The number of hydrogen-bond donors (Lipinski definition) is 4. The highest BCUT2D eigenvalue weighted by Gasteiger charge is 2.29. The Morgan fingerprint density at radius 3 is 2.20 bits per heavy atom. The number of amides is 2. The van der Waals surface area contributed by atoms with Crippen LogP contribution in [-0.2, 0) is 34.2 Å². The number of aliphatic hydroxyl groups is 1. The summed E-state index contributed by atoms with van der Waals surface area (Å²) in [6.07, 6.45) is 1.09. The zero-order valence-electron chi connectivity index (χ0n) is 26.6. The molecule has 2 atom stereocenters. The fraction of sp³-hybridized carbons (Fsp3) is 0.194. The molecular formula is C36H35N5O7S. The van der Waals surface area contributed by atoms with Gasteiger partial charge in [-0.05, 0) is 53.8 Å². The molecule has 2 heterocycles. The molecule has 0 bridgehead atoms. The number of sulfonamides is 1. The van der Waals surface area contributed by atoms with Crippen molar-refractivity contribution in [1.29, 1.82) is 0 Å². The summed E-state index contributed by atoms with van der Waals surface area (Å²) in [6.45, 7) is 2.30. The predicted molar refractivity (Wildman–Crippen MR) is 181 cm³/mol. The van der Waals surface area contributed by atoms with E-state index in [-0.39, 0.29) is 22.7 Å². The molecule has 0 aliphatic carbocycles. The number of aromatic nitrogens is 3. The first kappa shape index (κ1) is 34.7. The van der Waals surface area contributed by atoms with Crippen LogP contribution in [0.25, 0.3) is 11.1 Å². The number of carbonyl (C=O) groups excluding carboxylic acids is 2. The summed E-state index contributed by atoms with van der Waals surface area (Å²) in [7, 11) is -4.24. The molecule has 0 saturated carbocycles. The molecule has 3 aromatic carbocycles. The van der Waals surface area contributed by atoms with Crippen LogP contribution >= 0.6 is 0 Å². The Hall–Kier alpha value is -5.66. The number of rotatable bonds is 14. The Bertz CT molecular complexity index is 2030. The smallest absolute Gasteiger partial charge is 0.334 e. The van der Waals surface area contributed by atoms with E-state index in [1.165, 1.54) is 18.3 Å². The summed E-state index contributed by atoms with van der Waals surface area (Å²) in [5.74, 6) is -2.90. The van der Waals surface area contributed by atoms with Gasteiger partial charge in [-0.3, -0.25) is 19.3 Å². The van der Waals surface area contributed by atoms with Gasteiger partial charge in [-0.25, -0.2) is 17.9 Å². The Morgan fingerprint density at radius 2 is 1.53 bits per heavy atom. The van der Waals surface area contributed by atoms with Crippen molar-refractivity contribution in [2.24, 2.45) is 0 Å². The predicted octanol–water partition coefficient (Wildman–Crippen LogP) is 3.85. The van der Waals surface area contributed by atoms with Crippen molar-refractivity contribution >= 4 is 27.8 Å². The molecule has 4 N–H and O–H groups in total. The maximum atomic E-state index is 13.3. The van der Waals surface area contributed by atoms with E-state index in [0.29, 0.717) is 24.1 Å². The molecule has 2 aromatic heterocycles. The molecule has 0 fully saturated rings. The van der Waals surface area contributed by atoms with Crippen LogP contribution in [0.5, 0.6) is 0 Å². The van der Waals surface area contributed by atoms with Crippen molar-refractivity contribution in [3.05, 3.63) is 138 Å². The lowest BCUT2D eigenvalue weighted by Gasteiger charge is -2.21. The lowest BCUT2D eigenvalue weighted by Crippen LogP contribution is -2.48. The van der Waals surface area contributed by atoms with Gasteiger partial charge in [0.15, 0.2) is 6.10 Å². The molecule has 49 heavy (non-hydrogen) atoms. The summed E-state index contributed by atoms with van der Waals surface area (Å²) in [5, 5.41) is 27.0. The van der Waals surface area contributed by atoms with Gasteiger partial charge in [0.05, 0.1) is 17.5 Å². The van der Waals surface area contributed by atoms with Crippen LogP contribution in [0.1, 0.15) is 51.1 Å². The second-order valence-electron chi connectivity index (χ2n) is 11.3. The van der Waals surface area contributed by atoms with Crippen molar-refractivity contribution in [3.8, 4) is 11.1 Å². The largest absolute Gasteiger partial charge is 0.479 e. The number of nitrogens with one attached hydrogen (secondary N) is 2. The summed E-state index contributed by atoms with van der Waals surface area (Å²) in [6, 6.07) is 27.7. The number of aliphatic carboxylic acids is 1. The monoisotopic (exact) mass is 681 g/mol. The number of aryl methyl sites for hydroxylation is 1. The number of hydrogen-bond acceptors (Lipinski definition) is 8. The van der Waals surface area contributed by atoms with Gasteiger partial charge in [0.1, 0.15) is 11.4 Å². The SMILES string of the molecule is CCCc1cc(C(=O)N[C@H](Cc2ccccc2)[C@@H](O)C(=O)O)nn1Cc1ccc(-c2ccccc2S(=O)(=O)NC(=O)c2ccccn2)cc1. The highest BCUT2D eigenvalue weighted by Crippen LogP contribution is 2.28. The highest BCUT2D eigenvalue weighted by atomic mass is 32.2. The fourth-order valence-electron chi connectivity index (χ4n) is 5.31. The van der Waals surface area contributed by atoms with Crippen LogP contribution in [0.2, 0.25) is 0 Å². The highest BCUT2D eigenvalue weighted by molar-refractivity contribution is 7.90. The summed E-state index contributed by atoms with van der Waals surface area (Å²) in [4.78, 5) is 41.3. The number of aliphatic hydroxyl groups excluding tert-OH is 1. The zero-order chi connectivity index (χ0) is 35.0. The molecule has 0 aliphatic rings. The molecule has 12 nitrogen and oxygen atoms in total. The Morgan fingerprint density at radius 1 is 0.837 bits per heavy atom. The van der Waals surface area contributed by atoms with E-state index < -0.39 is 40.0 Å². The number of carboxylic acids is 1.